The molecule has 0 unspecified atom stereocenters. The molecule has 0 fully saturated rings. The van der Waals surface area contributed by atoms with Crippen LogP contribution in [0.25, 0.3) is 10.9 Å². The molecule has 3 rings (SSSR count). The molecule has 0 aliphatic heterocycles. The molecule has 0 radical (unpaired) electrons. The molecule has 0 N–H and O–H groups in total. The van der Waals surface area contributed by atoms with Gasteiger partial charge < -0.3 is 4.74 Å². The Balaban J connectivity index is 2.04. The minimum atomic E-state index is 0.487. The van der Waals surface area contributed by atoms with Crippen molar-refractivity contribution in [3.8, 4) is 17.7 Å². The SMILES string of the molecule is N#Cc1cccc(Oc2ncnc3ccccc23)c1. The lowest BCUT2D eigenvalue weighted by molar-refractivity contribution is 0.468. The van der Waals surface area contributed by atoms with Crippen LogP contribution in [0.2, 0.25) is 0 Å². The van der Waals surface area contributed by atoms with Crippen LogP contribution in [0.1, 0.15) is 5.56 Å². The first-order chi connectivity index (χ1) is 9.36. The molecule has 1 heterocycles. The third kappa shape index (κ3) is 2.22. The van der Waals surface area contributed by atoms with E-state index in [0.29, 0.717) is 17.2 Å². The van der Waals surface area contributed by atoms with E-state index in [9.17, 15) is 0 Å². The number of rotatable bonds is 2. The van der Waals surface area contributed by atoms with E-state index in [1.54, 1.807) is 24.3 Å². The van der Waals surface area contributed by atoms with Crippen molar-refractivity contribution in [2.75, 3.05) is 0 Å². The van der Waals surface area contributed by atoms with Crippen molar-refractivity contribution in [1.82, 2.24) is 9.97 Å². The van der Waals surface area contributed by atoms with Crippen LogP contribution in [-0.4, -0.2) is 9.97 Å². The molecule has 19 heavy (non-hydrogen) atoms. The molecule has 0 saturated carbocycles. The minimum absolute atomic E-state index is 0.487. The van der Waals surface area contributed by atoms with Crippen LogP contribution in [0.15, 0.2) is 54.9 Å². The second kappa shape index (κ2) is 4.75. The highest BCUT2D eigenvalue weighted by Gasteiger charge is 2.05. The Bertz CT molecular complexity index is 772. The number of aromatic nitrogens is 2. The summed E-state index contributed by atoms with van der Waals surface area (Å²) in [6, 6.07) is 16.7. The Labute approximate surface area is 109 Å². The van der Waals surface area contributed by atoms with Gasteiger partial charge in [-0.15, -0.1) is 0 Å². The van der Waals surface area contributed by atoms with Crippen molar-refractivity contribution in [1.29, 1.82) is 5.26 Å². The van der Waals surface area contributed by atoms with E-state index in [4.69, 9.17) is 10.00 Å². The van der Waals surface area contributed by atoms with Crippen molar-refractivity contribution >= 4 is 10.9 Å². The molecule has 2 aromatic carbocycles. The Hall–Kier alpha value is -2.93. The monoisotopic (exact) mass is 247 g/mol. The zero-order chi connectivity index (χ0) is 13.1. The zero-order valence-corrected chi connectivity index (χ0v) is 9.95. The van der Waals surface area contributed by atoms with E-state index in [2.05, 4.69) is 16.0 Å². The number of benzene rings is 2. The maximum Gasteiger partial charge on any atom is 0.230 e. The van der Waals surface area contributed by atoms with Gasteiger partial charge in [0.1, 0.15) is 12.1 Å². The summed E-state index contributed by atoms with van der Waals surface area (Å²) in [6.45, 7) is 0. The summed E-state index contributed by atoms with van der Waals surface area (Å²) < 4.78 is 5.73. The smallest absolute Gasteiger partial charge is 0.230 e. The maximum absolute atomic E-state index is 8.87. The number of nitriles is 1. The molecule has 0 spiro atoms. The standard InChI is InChI=1S/C15H9N3O/c16-9-11-4-3-5-12(8-11)19-15-13-6-1-2-7-14(13)17-10-18-15/h1-8,10H. The van der Waals surface area contributed by atoms with Crippen molar-refractivity contribution in [2.24, 2.45) is 0 Å². The van der Waals surface area contributed by atoms with Gasteiger partial charge >= 0.3 is 0 Å². The number of hydrogen-bond donors (Lipinski definition) is 0. The fourth-order valence-corrected chi connectivity index (χ4v) is 1.80. The second-order valence-electron chi connectivity index (χ2n) is 3.94. The fraction of sp³-hybridized carbons (Fsp3) is 0. The molecule has 4 nitrogen and oxygen atoms in total. The minimum Gasteiger partial charge on any atom is -0.438 e. The van der Waals surface area contributed by atoms with E-state index in [1.165, 1.54) is 6.33 Å². The average Bonchev–Trinajstić information content (AvgIpc) is 2.48. The van der Waals surface area contributed by atoms with Crippen LogP contribution >= 0.6 is 0 Å². The molecule has 1 aromatic heterocycles. The van der Waals surface area contributed by atoms with Crippen LogP contribution in [-0.2, 0) is 0 Å². The van der Waals surface area contributed by atoms with Gasteiger partial charge in [-0.05, 0) is 30.3 Å². The number of ether oxygens (including phenoxy) is 1. The van der Waals surface area contributed by atoms with Crippen molar-refractivity contribution in [3.63, 3.8) is 0 Å². The summed E-state index contributed by atoms with van der Waals surface area (Å²) in [5.41, 5.74) is 1.37. The number of para-hydroxylation sites is 1. The molecule has 0 saturated heterocycles. The van der Waals surface area contributed by atoms with Gasteiger partial charge in [0.05, 0.1) is 22.5 Å². The summed E-state index contributed by atoms with van der Waals surface area (Å²) in [4.78, 5) is 8.32. The lowest BCUT2D eigenvalue weighted by atomic mass is 10.2. The van der Waals surface area contributed by atoms with E-state index in [0.717, 1.165) is 10.9 Å². The first kappa shape index (κ1) is 11.2. The lowest BCUT2D eigenvalue weighted by Crippen LogP contribution is -1.91. The molecular weight excluding hydrogens is 238 g/mol. The molecule has 0 amide bonds. The largest absolute Gasteiger partial charge is 0.438 e. The molecule has 0 atom stereocenters. The van der Waals surface area contributed by atoms with Crippen LogP contribution in [0.3, 0.4) is 0 Å². The van der Waals surface area contributed by atoms with E-state index in [1.807, 2.05) is 24.3 Å². The van der Waals surface area contributed by atoms with Gasteiger partial charge in [0, 0.05) is 0 Å². The Kier molecular flexibility index (Phi) is 2.79. The third-order valence-corrected chi connectivity index (χ3v) is 2.68. The molecule has 0 aliphatic rings. The topological polar surface area (TPSA) is 58.8 Å². The van der Waals surface area contributed by atoms with Crippen LogP contribution in [0.5, 0.6) is 11.6 Å². The summed E-state index contributed by atoms with van der Waals surface area (Å²) in [5, 5.41) is 9.71. The lowest BCUT2D eigenvalue weighted by Gasteiger charge is -2.07. The highest BCUT2D eigenvalue weighted by molar-refractivity contribution is 5.83. The maximum atomic E-state index is 8.87. The normalized spacial score (nSPS) is 10.1. The van der Waals surface area contributed by atoms with Gasteiger partial charge in [-0.25, -0.2) is 9.97 Å². The van der Waals surface area contributed by atoms with Gasteiger partial charge in [0.25, 0.3) is 0 Å². The highest BCUT2D eigenvalue weighted by Crippen LogP contribution is 2.26. The van der Waals surface area contributed by atoms with Gasteiger partial charge in [0.2, 0.25) is 5.88 Å². The van der Waals surface area contributed by atoms with E-state index < -0.39 is 0 Å². The van der Waals surface area contributed by atoms with E-state index in [-0.39, 0.29) is 0 Å². The van der Waals surface area contributed by atoms with Crippen LogP contribution in [0, 0.1) is 11.3 Å². The Morgan fingerprint density at radius 2 is 1.89 bits per heavy atom. The summed E-state index contributed by atoms with van der Waals surface area (Å²) in [5.74, 6) is 1.07. The second-order valence-corrected chi connectivity index (χ2v) is 3.94. The predicted octanol–water partition coefficient (Wildman–Crippen LogP) is 3.29. The summed E-state index contributed by atoms with van der Waals surface area (Å²) in [6.07, 6.45) is 1.46. The average molecular weight is 247 g/mol. The molecule has 0 aliphatic carbocycles. The zero-order valence-electron chi connectivity index (χ0n) is 9.95. The quantitative estimate of drug-likeness (QED) is 0.697. The first-order valence-electron chi connectivity index (χ1n) is 5.74. The number of nitrogens with zero attached hydrogens (tertiary/aromatic N) is 3. The molecular formula is C15H9N3O. The molecule has 0 bridgehead atoms. The van der Waals surface area contributed by atoms with Gasteiger partial charge in [-0.2, -0.15) is 5.26 Å². The van der Waals surface area contributed by atoms with Crippen molar-refractivity contribution in [3.05, 3.63) is 60.4 Å². The predicted molar refractivity (Wildman–Crippen MR) is 70.8 cm³/mol. The first-order valence-corrected chi connectivity index (χ1v) is 5.74. The number of hydrogen-bond acceptors (Lipinski definition) is 4. The van der Waals surface area contributed by atoms with Gasteiger partial charge in [-0.3, -0.25) is 0 Å². The summed E-state index contributed by atoms with van der Waals surface area (Å²) in [7, 11) is 0. The fourth-order valence-electron chi connectivity index (χ4n) is 1.80. The summed E-state index contributed by atoms with van der Waals surface area (Å²) >= 11 is 0. The van der Waals surface area contributed by atoms with Gasteiger partial charge in [-0.1, -0.05) is 18.2 Å². The van der Waals surface area contributed by atoms with Gasteiger partial charge in [0.15, 0.2) is 0 Å². The number of fused-ring (bicyclic) bond motifs is 1. The Morgan fingerprint density at radius 3 is 2.79 bits per heavy atom. The highest BCUT2D eigenvalue weighted by atomic mass is 16.5. The van der Waals surface area contributed by atoms with Crippen LogP contribution in [0.4, 0.5) is 0 Å². The molecule has 4 heteroatoms. The van der Waals surface area contributed by atoms with Crippen molar-refractivity contribution < 1.29 is 4.74 Å². The van der Waals surface area contributed by atoms with Crippen LogP contribution < -0.4 is 4.74 Å². The third-order valence-electron chi connectivity index (χ3n) is 2.68. The Morgan fingerprint density at radius 1 is 1.00 bits per heavy atom. The molecule has 90 valence electrons. The van der Waals surface area contributed by atoms with E-state index >= 15 is 0 Å². The molecule has 3 aromatic rings. The van der Waals surface area contributed by atoms with Crippen molar-refractivity contribution in [2.45, 2.75) is 0 Å².